The Morgan fingerprint density at radius 3 is 2.90 bits per heavy atom. The van der Waals surface area contributed by atoms with Crippen LogP contribution in [0.3, 0.4) is 0 Å². The van der Waals surface area contributed by atoms with Crippen molar-refractivity contribution in [2.45, 2.75) is 11.8 Å². The lowest BCUT2D eigenvalue weighted by Gasteiger charge is -2.09. The highest BCUT2D eigenvalue weighted by molar-refractivity contribution is 7.92. The number of nitrogens with zero attached hydrogens (tertiary/aromatic N) is 2. The van der Waals surface area contributed by atoms with Gasteiger partial charge in [-0.1, -0.05) is 11.8 Å². The second kappa shape index (κ2) is 6.35. The van der Waals surface area contributed by atoms with Crippen LogP contribution in [0.25, 0.3) is 0 Å². The van der Waals surface area contributed by atoms with E-state index in [4.69, 9.17) is 5.73 Å². The average molecular weight is 302 g/mol. The molecule has 0 atom stereocenters. The minimum absolute atomic E-state index is 0.0366. The van der Waals surface area contributed by atoms with Gasteiger partial charge in [0, 0.05) is 24.2 Å². The maximum absolute atomic E-state index is 12.3. The first-order valence-electron chi connectivity index (χ1n) is 6.11. The number of nitrogens with two attached hydrogens (primary N) is 1. The normalized spacial score (nSPS) is 10.6. The molecule has 2 heterocycles. The molecule has 3 N–H and O–H groups in total. The molecule has 0 aliphatic carbocycles. The van der Waals surface area contributed by atoms with E-state index in [0.717, 1.165) is 0 Å². The molecule has 21 heavy (non-hydrogen) atoms. The van der Waals surface area contributed by atoms with E-state index in [0.29, 0.717) is 16.9 Å². The van der Waals surface area contributed by atoms with Crippen LogP contribution in [0.15, 0.2) is 41.7 Å². The Kier molecular flexibility index (Phi) is 4.52. The van der Waals surface area contributed by atoms with E-state index in [2.05, 4.69) is 26.5 Å². The standard InChI is InChI=1S/C14H14N4O2S/c1-11-14(5-3-7-17-11)18-21(19,20)13-8-12(4-2-6-15)9-16-10-13/h3,5,7-10,18H,6,15H2,1H3. The summed E-state index contributed by atoms with van der Waals surface area (Å²) in [5.41, 5.74) is 6.80. The van der Waals surface area contributed by atoms with Crippen molar-refractivity contribution in [2.24, 2.45) is 5.73 Å². The van der Waals surface area contributed by atoms with Gasteiger partial charge in [0.15, 0.2) is 0 Å². The van der Waals surface area contributed by atoms with E-state index in [1.54, 1.807) is 25.3 Å². The molecular formula is C14H14N4O2S. The van der Waals surface area contributed by atoms with E-state index in [1.165, 1.54) is 18.5 Å². The minimum Gasteiger partial charge on any atom is -0.320 e. The Morgan fingerprint density at radius 2 is 2.19 bits per heavy atom. The molecule has 0 spiro atoms. The zero-order valence-corrected chi connectivity index (χ0v) is 12.2. The SMILES string of the molecule is Cc1ncccc1NS(=O)(=O)c1cncc(C#CCN)c1. The fourth-order valence-electron chi connectivity index (χ4n) is 1.58. The number of aromatic nitrogens is 2. The summed E-state index contributed by atoms with van der Waals surface area (Å²) in [5.74, 6) is 5.40. The van der Waals surface area contributed by atoms with E-state index in [9.17, 15) is 8.42 Å². The monoisotopic (exact) mass is 302 g/mol. The van der Waals surface area contributed by atoms with Gasteiger partial charge in [0.05, 0.1) is 17.9 Å². The van der Waals surface area contributed by atoms with Crippen LogP contribution in [0.5, 0.6) is 0 Å². The number of rotatable bonds is 3. The first-order valence-corrected chi connectivity index (χ1v) is 7.59. The first-order chi connectivity index (χ1) is 10.0. The van der Waals surface area contributed by atoms with Crippen LogP contribution in [0.2, 0.25) is 0 Å². The second-order valence-corrected chi connectivity index (χ2v) is 5.84. The zero-order valence-electron chi connectivity index (χ0n) is 11.4. The highest BCUT2D eigenvalue weighted by Gasteiger charge is 2.16. The van der Waals surface area contributed by atoms with Gasteiger partial charge in [-0.2, -0.15) is 0 Å². The Morgan fingerprint density at radius 1 is 1.38 bits per heavy atom. The number of aryl methyl sites for hydroxylation is 1. The molecular weight excluding hydrogens is 288 g/mol. The van der Waals surface area contributed by atoms with Crippen LogP contribution >= 0.6 is 0 Å². The number of sulfonamides is 1. The molecule has 0 saturated heterocycles. The average Bonchev–Trinajstić information content (AvgIpc) is 2.48. The number of nitrogens with one attached hydrogen (secondary N) is 1. The highest BCUT2D eigenvalue weighted by Crippen LogP contribution is 2.17. The lowest BCUT2D eigenvalue weighted by atomic mass is 10.3. The zero-order chi connectivity index (χ0) is 15.3. The lowest BCUT2D eigenvalue weighted by Crippen LogP contribution is -2.14. The summed E-state index contributed by atoms with van der Waals surface area (Å²) < 4.78 is 27.1. The molecule has 0 radical (unpaired) electrons. The van der Waals surface area contributed by atoms with Crippen molar-refractivity contribution >= 4 is 15.7 Å². The first kappa shape index (κ1) is 15.0. The van der Waals surface area contributed by atoms with Crippen molar-refractivity contribution in [1.29, 1.82) is 0 Å². The number of hydrogen-bond donors (Lipinski definition) is 2. The molecule has 0 fully saturated rings. The Hall–Kier alpha value is -2.43. The molecule has 7 heteroatoms. The summed E-state index contributed by atoms with van der Waals surface area (Å²) in [4.78, 5) is 7.96. The summed E-state index contributed by atoms with van der Waals surface area (Å²) in [6, 6.07) is 4.75. The predicted molar refractivity (Wildman–Crippen MR) is 80.0 cm³/mol. The molecule has 2 rings (SSSR count). The molecule has 0 unspecified atom stereocenters. The molecule has 0 aromatic carbocycles. The van der Waals surface area contributed by atoms with E-state index in [1.807, 2.05) is 0 Å². The van der Waals surface area contributed by atoms with Gasteiger partial charge < -0.3 is 5.73 Å². The van der Waals surface area contributed by atoms with Crippen LogP contribution in [-0.4, -0.2) is 24.9 Å². The maximum atomic E-state index is 12.3. The Bertz CT molecular complexity index is 807. The maximum Gasteiger partial charge on any atom is 0.263 e. The minimum atomic E-state index is -3.73. The molecule has 0 aliphatic rings. The van der Waals surface area contributed by atoms with Crippen LogP contribution in [-0.2, 0) is 10.0 Å². The Balaban J connectivity index is 2.34. The highest BCUT2D eigenvalue weighted by atomic mass is 32.2. The van der Waals surface area contributed by atoms with Gasteiger partial charge in [-0.15, -0.1) is 0 Å². The van der Waals surface area contributed by atoms with Gasteiger partial charge in [0.1, 0.15) is 4.90 Å². The molecule has 2 aromatic heterocycles. The van der Waals surface area contributed by atoms with Gasteiger partial charge >= 0.3 is 0 Å². The number of pyridine rings is 2. The van der Waals surface area contributed by atoms with Crippen LogP contribution in [0, 0.1) is 18.8 Å². The molecule has 2 aromatic rings. The molecule has 0 aliphatic heterocycles. The van der Waals surface area contributed by atoms with Gasteiger partial charge in [-0.05, 0) is 25.1 Å². The third kappa shape index (κ3) is 3.78. The van der Waals surface area contributed by atoms with E-state index >= 15 is 0 Å². The number of anilines is 1. The van der Waals surface area contributed by atoms with Crippen LogP contribution in [0.4, 0.5) is 5.69 Å². The summed E-state index contributed by atoms with van der Waals surface area (Å²) in [6.45, 7) is 1.92. The fourth-order valence-corrected chi connectivity index (χ4v) is 2.69. The van der Waals surface area contributed by atoms with E-state index in [-0.39, 0.29) is 11.4 Å². The molecule has 0 bridgehead atoms. The van der Waals surface area contributed by atoms with Gasteiger partial charge in [-0.25, -0.2) is 8.42 Å². The fraction of sp³-hybridized carbons (Fsp3) is 0.143. The van der Waals surface area contributed by atoms with Crippen molar-refractivity contribution in [1.82, 2.24) is 9.97 Å². The van der Waals surface area contributed by atoms with Gasteiger partial charge in [-0.3, -0.25) is 14.7 Å². The predicted octanol–water partition coefficient (Wildman–Crippen LogP) is 0.896. The molecule has 0 amide bonds. The van der Waals surface area contributed by atoms with E-state index < -0.39 is 10.0 Å². The van der Waals surface area contributed by atoms with Crippen molar-refractivity contribution in [3.8, 4) is 11.8 Å². The lowest BCUT2D eigenvalue weighted by molar-refractivity contribution is 0.600. The third-order valence-corrected chi connectivity index (χ3v) is 3.94. The topological polar surface area (TPSA) is 98.0 Å². The summed E-state index contributed by atoms with van der Waals surface area (Å²) >= 11 is 0. The van der Waals surface area contributed by atoms with Gasteiger partial charge in [0.2, 0.25) is 0 Å². The Labute approximate surface area is 123 Å². The molecule has 0 saturated carbocycles. The third-order valence-electron chi connectivity index (χ3n) is 2.61. The van der Waals surface area contributed by atoms with Crippen LogP contribution in [0.1, 0.15) is 11.3 Å². The van der Waals surface area contributed by atoms with Crippen molar-refractivity contribution in [3.05, 3.63) is 48.0 Å². The van der Waals surface area contributed by atoms with Crippen molar-refractivity contribution in [3.63, 3.8) is 0 Å². The quantitative estimate of drug-likeness (QED) is 0.821. The smallest absolute Gasteiger partial charge is 0.263 e. The summed E-state index contributed by atoms with van der Waals surface area (Å²) in [7, 11) is -3.73. The van der Waals surface area contributed by atoms with Crippen LogP contribution < -0.4 is 10.5 Å². The van der Waals surface area contributed by atoms with Crippen molar-refractivity contribution < 1.29 is 8.42 Å². The largest absolute Gasteiger partial charge is 0.320 e. The summed E-state index contributed by atoms with van der Waals surface area (Å²) in [5, 5.41) is 0. The van der Waals surface area contributed by atoms with Crippen molar-refractivity contribution in [2.75, 3.05) is 11.3 Å². The van der Waals surface area contributed by atoms with Gasteiger partial charge in [0.25, 0.3) is 10.0 Å². The molecule has 6 nitrogen and oxygen atoms in total. The summed E-state index contributed by atoms with van der Waals surface area (Å²) in [6.07, 6.45) is 4.34. The molecule has 108 valence electrons. The number of hydrogen-bond acceptors (Lipinski definition) is 5. The second-order valence-electron chi connectivity index (χ2n) is 4.16.